The molecule has 4 aromatic rings. The summed E-state index contributed by atoms with van der Waals surface area (Å²) in [5, 5.41) is 12.2. The van der Waals surface area contributed by atoms with E-state index in [1.54, 1.807) is 23.0 Å². The molecule has 3 aromatic carbocycles. The van der Waals surface area contributed by atoms with Gasteiger partial charge in [0.05, 0.1) is 5.69 Å². The molecule has 33 heavy (non-hydrogen) atoms. The Morgan fingerprint density at radius 1 is 0.970 bits per heavy atom. The first kappa shape index (κ1) is 20.8. The third kappa shape index (κ3) is 3.95. The SMILES string of the molecule is CCN(CC)c1ccc(-n2nc3cc(C)c(NC(=O)c4ccc5c(c4)OCO5)cc3n2)cc1. The Morgan fingerprint density at radius 2 is 1.67 bits per heavy atom. The minimum atomic E-state index is -0.227. The number of hydrogen-bond acceptors (Lipinski definition) is 6. The van der Waals surface area contributed by atoms with Crippen LogP contribution in [0.15, 0.2) is 54.6 Å². The van der Waals surface area contributed by atoms with E-state index >= 15 is 0 Å². The van der Waals surface area contributed by atoms with Gasteiger partial charge in [0.25, 0.3) is 5.91 Å². The van der Waals surface area contributed by atoms with Crippen LogP contribution in [-0.4, -0.2) is 40.8 Å². The molecule has 0 saturated heterocycles. The molecule has 1 aromatic heterocycles. The lowest BCUT2D eigenvalue weighted by Gasteiger charge is -2.20. The maximum absolute atomic E-state index is 12.8. The fourth-order valence-corrected chi connectivity index (χ4v) is 3.94. The van der Waals surface area contributed by atoms with Crippen molar-refractivity contribution in [3.05, 3.63) is 65.7 Å². The number of nitrogens with zero attached hydrogens (tertiary/aromatic N) is 4. The molecule has 1 aliphatic rings. The van der Waals surface area contributed by atoms with Crippen LogP contribution in [0.4, 0.5) is 11.4 Å². The summed E-state index contributed by atoms with van der Waals surface area (Å²) in [7, 11) is 0. The lowest BCUT2D eigenvalue weighted by atomic mass is 10.1. The van der Waals surface area contributed by atoms with E-state index in [0.717, 1.165) is 29.9 Å². The molecule has 0 saturated carbocycles. The minimum absolute atomic E-state index is 0.171. The molecular weight excluding hydrogens is 418 g/mol. The lowest BCUT2D eigenvalue weighted by molar-refractivity contribution is 0.102. The number of nitrogens with one attached hydrogen (secondary N) is 1. The zero-order chi connectivity index (χ0) is 22.9. The van der Waals surface area contributed by atoms with Gasteiger partial charge in [-0.3, -0.25) is 4.79 Å². The van der Waals surface area contributed by atoms with Gasteiger partial charge in [-0.2, -0.15) is 4.80 Å². The number of carbonyl (C=O) groups excluding carboxylic acids is 1. The standard InChI is InChI=1S/C25H25N5O3/c1-4-29(5-2)18-7-9-19(10-8-18)30-27-21-12-16(3)20(14-22(21)28-30)26-25(31)17-6-11-23-24(13-17)33-15-32-23/h6-14H,4-5,15H2,1-3H3,(H,26,31). The highest BCUT2D eigenvalue weighted by Crippen LogP contribution is 2.33. The molecule has 0 aliphatic carbocycles. The first-order valence-electron chi connectivity index (χ1n) is 11.0. The van der Waals surface area contributed by atoms with E-state index < -0.39 is 0 Å². The van der Waals surface area contributed by atoms with E-state index in [2.05, 4.69) is 46.4 Å². The molecule has 0 unspecified atom stereocenters. The summed E-state index contributed by atoms with van der Waals surface area (Å²) in [4.78, 5) is 16.7. The van der Waals surface area contributed by atoms with Crippen molar-refractivity contribution in [2.45, 2.75) is 20.8 Å². The van der Waals surface area contributed by atoms with Gasteiger partial charge in [-0.05, 0) is 80.9 Å². The van der Waals surface area contributed by atoms with Gasteiger partial charge in [-0.1, -0.05) is 0 Å². The average molecular weight is 444 g/mol. The number of rotatable bonds is 6. The van der Waals surface area contributed by atoms with Crippen molar-refractivity contribution in [3.63, 3.8) is 0 Å². The van der Waals surface area contributed by atoms with Crippen molar-refractivity contribution in [1.29, 1.82) is 0 Å². The second kappa shape index (κ2) is 8.46. The number of carbonyl (C=O) groups is 1. The largest absolute Gasteiger partial charge is 0.454 e. The predicted octanol–water partition coefficient (Wildman–Crippen LogP) is 4.56. The maximum Gasteiger partial charge on any atom is 0.255 e. The zero-order valence-corrected chi connectivity index (χ0v) is 18.8. The highest BCUT2D eigenvalue weighted by atomic mass is 16.7. The zero-order valence-electron chi connectivity index (χ0n) is 18.8. The Labute approximate surface area is 191 Å². The van der Waals surface area contributed by atoms with E-state index in [1.165, 1.54) is 5.69 Å². The lowest BCUT2D eigenvalue weighted by Crippen LogP contribution is -2.21. The molecule has 1 N–H and O–H groups in total. The molecule has 0 spiro atoms. The number of fused-ring (bicyclic) bond motifs is 2. The van der Waals surface area contributed by atoms with Gasteiger partial charge >= 0.3 is 0 Å². The normalized spacial score (nSPS) is 12.2. The van der Waals surface area contributed by atoms with Crippen molar-refractivity contribution >= 4 is 28.3 Å². The van der Waals surface area contributed by atoms with E-state index in [0.29, 0.717) is 28.3 Å². The molecule has 2 heterocycles. The first-order valence-corrected chi connectivity index (χ1v) is 11.0. The number of anilines is 2. The van der Waals surface area contributed by atoms with Gasteiger partial charge in [0.1, 0.15) is 11.0 Å². The molecule has 168 valence electrons. The summed E-state index contributed by atoms with van der Waals surface area (Å²) < 4.78 is 10.7. The van der Waals surface area contributed by atoms with Crippen LogP contribution in [-0.2, 0) is 0 Å². The quantitative estimate of drug-likeness (QED) is 0.471. The van der Waals surface area contributed by atoms with Crippen LogP contribution in [0.25, 0.3) is 16.7 Å². The fraction of sp³-hybridized carbons (Fsp3) is 0.240. The Kier molecular flexibility index (Phi) is 5.34. The Balaban J connectivity index is 1.39. The summed E-state index contributed by atoms with van der Waals surface area (Å²) in [5.41, 5.74) is 5.61. The van der Waals surface area contributed by atoms with E-state index in [1.807, 2.05) is 31.2 Å². The topological polar surface area (TPSA) is 81.5 Å². The molecule has 0 fully saturated rings. The molecular formula is C25H25N5O3. The van der Waals surface area contributed by atoms with Crippen LogP contribution in [0.5, 0.6) is 11.5 Å². The summed E-state index contributed by atoms with van der Waals surface area (Å²) in [5.74, 6) is 0.991. The number of hydrogen-bond donors (Lipinski definition) is 1. The van der Waals surface area contributed by atoms with Crippen molar-refractivity contribution in [1.82, 2.24) is 15.0 Å². The van der Waals surface area contributed by atoms with Crippen molar-refractivity contribution in [2.75, 3.05) is 30.1 Å². The number of ether oxygens (including phenoxy) is 2. The van der Waals surface area contributed by atoms with Crippen LogP contribution in [0, 0.1) is 6.92 Å². The van der Waals surface area contributed by atoms with E-state index in [4.69, 9.17) is 9.47 Å². The third-order valence-corrected chi connectivity index (χ3v) is 5.82. The average Bonchev–Trinajstić information content (AvgIpc) is 3.46. The minimum Gasteiger partial charge on any atom is -0.454 e. The number of benzene rings is 3. The summed E-state index contributed by atoms with van der Waals surface area (Å²) in [6, 6.07) is 17.1. The molecule has 5 rings (SSSR count). The van der Waals surface area contributed by atoms with Gasteiger partial charge in [0, 0.05) is 30.0 Å². The van der Waals surface area contributed by atoms with Crippen LogP contribution in [0.2, 0.25) is 0 Å². The van der Waals surface area contributed by atoms with E-state index in [-0.39, 0.29) is 12.7 Å². The second-order valence-electron chi connectivity index (χ2n) is 7.86. The van der Waals surface area contributed by atoms with E-state index in [9.17, 15) is 4.79 Å². The monoisotopic (exact) mass is 443 g/mol. The van der Waals surface area contributed by atoms with Crippen LogP contribution in [0.1, 0.15) is 29.8 Å². The maximum atomic E-state index is 12.8. The Morgan fingerprint density at radius 3 is 2.39 bits per heavy atom. The van der Waals surface area contributed by atoms with Crippen molar-refractivity contribution in [2.24, 2.45) is 0 Å². The van der Waals surface area contributed by atoms with Gasteiger partial charge in [-0.15, -0.1) is 10.2 Å². The molecule has 1 amide bonds. The van der Waals surface area contributed by atoms with Gasteiger partial charge in [0.2, 0.25) is 6.79 Å². The Bertz CT molecular complexity index is 1330. The highest BCUT2D eigenvalue weighted by molar-refractivity contribution is 6.05. The second-order valence-corrected chi connectivity index (χ2v) is 7.86. The molecule has 0 bridgehead atoms. The fourth-order valence-electron chi connectivity index (χ4n) is 3.94. The summed E-state index contributed by atoms with van der Waals surface area (Å²) in [6.07, 6.45) is 0. The summed E-state index contributed by atoms with van der Waals surface area (Å²) in [6.45, 7) is 8.31. The number of aryl methyl sites for hydroxylation is 1. The molecule has 0 atom stereocenters. The molecule has 1 aliphatic heterocycles. The van der Waals surface area contributed by atoms with Gasteiger partial charge in [-0.25, -0.2) is 0 Å². The first-order chi connectivity index (χ1) is 16.1. The van der Waals surface area contributed by atoms with Gasteiger partial charge in [0.15, 0.2) is 11.5 Å². The van der Waals surface area contributed by atoms with Crippen molar-refractivity contribution < 1.29 is 14.3 Å². The molecule has 8 nitrogen and oxygen atoms in total. The smallest absolute Gasteiger partial charge is 0.255 e. The third-order valence-electron chi connectivity index (χ3n) is 5.82. The molecule has 0 radical (unpaired) electrons. The van der Waals surface area contributed by atoms with Gasteiger partial charge < -0.3 is 19.7 Å². The van der Waals surface area contributed by atoms with Crippen LogP contribution >= 0.6 is 0 Å². The molecule has 8 heteroatoms. The number of aromatic nitrogens is 3. The summed E-state index contributed by atoms with van der Waals surface area (Å²) >= 11 is 0. The number of amides is 1. The van der Waals surface area contributed by atoms with Crippen LogP contribution < -0.4 is 19.7 Å². The van der Waals surface area contributed by atoms with Crippen LogP contribution in [0.3, 0.4) is 0 Å². The Hall–Kier alpha value is -4.07. The highest BCUT2D eigenvalue weighted by Gasteiger charge is 2.17. The van der Waals surface area contributed by atoms with Crippen molar-refractivity contribution in [3.8, 4) is 17.2 Å². The predicted molar refractivity (Wildman–Crippen MR) is 128 cm³/mol.